The Balaban J connectivity index is 2.28. The van der Waals surface area contributed by atoms with E-state index in [9.17, 15) is 0 Å². The normalized spacial score (nSPS) is 22.5. The number of allylic oxidation sites excluding steroid dienone is 4. The minimum Gasteiger partial charge on any atom is -0.493 e. The molecule has 0 saturated carbocycles. The van der Waals surface area contributed by atoms with Crippen LogP contribution in [0.2, 0.25) is 0 Å². The largest absolute Gasteiger partial charge is 0.493 e. The maximum absolute atomic E-state index is 5.44. The Morgan fingerprint density at radius 3 is 3.18 bits per heavy atom. The predicted octanol–water partition coefficient (Wildman–Crippen LogP) is 2.57. The van der Waals surface area contributed by atoms with Crippen LogP contribution in [-0.4, -0.2) is 6.61 Å². The Kier molecular flexibility index (Phi) is 1.57. The topological polar surface area (TPSA) is 9.23 Å². The van der Waals surface area contributed by atoms with Crippen molar-refractivity contribution in [1.82, 2.24) is 0 Å². The summed E-state index contributed by atoms with van der Waals surface area (Å²) < 4.78 is 5.44. The minimum atomic E-state index is 0.877. The second-order valence-corrected chi connectivity index (χ2v) is 3.05. The quantitative estimate of drug-likeness (QED) is 0.513. The zero-order valence-electron chi connectivity index (χ0n) is 6.76. The first kappa shape index (κ1) is 6.71. The molecule has 2 aliphatic rings. The van der Waals surface area contributed by atoms with E-state index in [2.05, 4.69) is 25.2 Å². The fourth-order valence-corrected chi connectivity index (χ4v) is 1.44. The van der Waals surface area contributed by atoms with Gasteiger partial charge in [0.05, 0.1) is 6.61 Å². The number of hydrogen-bond acceptors (Lipinski definition) is 1. The van der Waals surface area contributed by atoms with E-state index in [1.54, 1.807) is 0 Å². The van der Waals surface area contributed by atoms with Crippen LogP contribution in [0, 0.1) is 0 Å². The lowest BCUT2D eigenvalue weighted by molar-refractivity contribution is 0.257. The molecule has 1 aliphatic heterocycles. The molecule has 0 radical (unpaired) electrons. The van der Waals surface area contributed by atoms with Gasteiger partial charge in [0.15, 0.2) is 0 Å². The number of ether oxygens (including phenoxy) is 1. The summed E-state index contributed by atoms with van der Waals surface area (Å²) >= 11 is 0. The molecular weight excluding hydrogens is 136 g/mol. The third-order valence-corrected chi connectivity index (χ3v) is 2.18. The summed E-state index contributed by atoms with van der Waals surface area (Å²) in [4.78, 5) is 0. The van der Waals surface area contributed by atoms with Crippen molar-refractivity contribution in [1.29, 1.82) is 0 Å². The Bertz CT molecular complexity index is 256. The predicted molar refractivity (Wildman–Crippen MR) is 45.1 cm³/mol. The number of rotatable bonds is 0. The van der Waals surface area contributed by atoms with Gasteiger partial charge in [-0.05, 0) is 25.0 Å². The number of hydrogen-bond donors (Lipinski definition) is 0. The van der Waals surface area contributed by atoms with Crippen molar-refractivity contribution < 1.29 is 4.74 Å². The summed E-state index contributed by atoms with van der Waals surface area (Å²) in [6, 6.07) is 0. The fourth-order valence-electron chi connectivity index (χ4n) is 1.44. The molecule has 2 rings (SSSR count). The molecule has 1 heteroatoms. The lowest BCUT2D eigenvalue weighted by Gasteiger charge is -1.95. The molecule has 0 fully saturated rings. The summed E-state index contributed by atoms with van der Waals surface area (Å²) in [6.07, 6.45) is 8.65. The van der Waals surface area contributed by atoms with Gasteiger partial charge in [0.1, 0.15) is 5.76 Å². The van der Waals surface area contributed by atoms with Gasteiger partial charge in [-0.2, -0.15) is 0 Å². The lowest BCUT2D eigenvalue weighted by Crippen LogP contribution is -1.79. The van der Waals surface area contributed by atoms with Crippen LogP contribution >= 0.6 is 0 Å². The molecule has 0 aromatic carbocycles. The van der Waals surface area contributed by atoms with Gasteiger partial charge in [0.2, 0.25) is 0 Å². The van der Waals surface area contributed by atoms with Gasteiger partial charge in [-0.25, -0.2) is 0 Å². The van der Waals surface area contributed by atoms with Gasteiger partial charge < -0.3 is 4.74 Å². The van der Waals surface area contributed by atoms with Gasteiger partial charge in [-0.3, -0.25) is 0 Å². The summed E-state index contributed by atoms with van der Waals surface area (Å²) in [6.45, 7) is 3.00. The van der Waals surface area contributed by atoms with Gasteiger partial charge in [-0.1, -0.05) is 17.7 Å². The maximum Gasteiger partial charge on any atom is 0.118 e. The van der Waals surface area contributed by atoms with E-state index >= 15 is 0 Å². The Morgan fingerprint density at radius 2 is 2.27 bits per heavy atom. The molecule has 1 heterocycles. The molecule has 0 atom stereocenters. The maximum atomic E-state index is 5.44. The second kappa shape index (κ2) is 2.57. The highest BCUT2D eigenvalue weighted by atomic mass is 16.5. The molecule has 1 aliphatic carbocycles. The van der Waals surface area contributed by atoms with E-state index in [-0.39, 0.29) is 0 Å². The summed E-state index contributed by atoms with van der Waals surface area (Å²) in [5, 5.41) is 0. The summed E-state index contributed by atoms with van der Waals surface area (Å²) in [5.41, 5.74) is 2.79. The molecule has 0 aromatic heterocycles. The standard InChI is InChI=1S/C10H12O/c1-8-2-4-9-6-7-11-10(9)5-3-8/h2-3,5H,4,6-7H2,1H3. The van der Waals surface area contributed by atoms with Crippen LogP contribution in [-0.2, 0) is 4.74 Å². The van der Waals surface area contributed by atoms with Crippen LogP contribution in [0.4, 0.5) is 0 Å². The average Bonchev–Trinajstić information content (AvgIpc) is 2.38. The van der Waals surface area contributed by atoms with Crippen molar-refractivity contribution in [3.05, 3.63) is 35.1 Å². The van der Waals surface area contributed by atoms with E-state index in [0.717, 1.165) is 25.2 Å². The molecule has 0 N–H and O–H groups in total. The van der Waals surface area contributed by atoms with E-state index in [4.69, 9.17) is 4.74 Å². The lowest BCUT2D eigenvalue weighted by atomic mass is 10.1. The van der Waals surface area contributed by atoms with E-state index < -0.39 is 0 Å². The third kappa shape index (κ3) is 1.23. The molecule has 0 spiro atoms. The van der Waals surface area contributed by atoms with Crippen molar-refractivity contribution in [3.8, 4) is 0 Å². The fraction of sp³-hybridized carbons (Fsp3) is 0.400. The highest BCUT2D eigenvalue weighted by molar-refractivity contribution is 5.34. The first-order chi connectivity index (χ1) is 5.36. The van der Waals surface area contributed by atoms with Crippen LogP contribution in [0.15, 0.2) is 35.1 Å². The van der Waals surface area contributed by atoms with Crippen molar-refractivity contribution in [2.45, 2.75) is 19.8 Å². The van der Waals surface area contributed by atoms with Gasteiger partial charge >= 0.3 is 0 Å². The monoisotopic (exact) mass is 148 g/mol. The third-order valence-electron chi connectivity index (χ3n) is 2.18. The van der Waals surface area contributed by atoms with Crippen molar-refractivity contribution in [2.24, 2.45) is 0 Å². The van der Waals surface area contributed by atoms with E-state index in [1.807, 2.05) is 0 Å². The van der Waals surface area contributed by atoms with Crippen LogP contribution in [0.25, 0.3) is 0 Å². The molecule has 0 saturated heterocycles. The Labute approximate surface area is 67.1 Å². The minimum absolute atomic E-state index is 0.877. The van der Waals surface area contributed by atoms with Gasteiger partial charge in [-0.15, -0.1) is 0 Å². The molecule has 11 heavy (non-hydrogen) atoms. The van der Waals surface area contributed by atoms with E-state index in [0.29, 0.717) is 0 Å². The second-order valence-electron chi connectivity index (χ2n) is 3.05. The zero-order chi connectivity index (χ0) is 7.68. The molecule has 58 valence electrons. The van der Waals surface area contributed by atoms with Gasteiger partial charge in [0.25, 0.3) is 0 Å². The molecule has 0 aromatic rings. The highest BCUT2D eigenvalue weighted by Gasteiger charge is 2.13. The van der Waals surface area contributed by atoms with Crippen LogP contribution in [0.1, 0.15) is 19.8 Å². The smallest absolute Gasteiger partial charge is 0.118 e. The van der Waals surface area contributed by atoms with E-state index in [1.165, 1.54) is 11.1 Å². The Morgan fingerprint density at radius 1 is 1.36 bits per heavy atom. The SMILES string of the molecule is CC1=CCC2=C(C=C1)OCC2. The Hall–Kier alpha value is -0.980. The molecule has 0 unspecified atom stereocenters. The first-order valence-corrected chi connectivity index (χ1v) is 4.06. The van der Waals surface area contributed by atoms with Crippen LogP contribution in [0.5, 0.6) is 0 Å². The average molecular weight is 148 g/mol. The summed E-state index contributed by atoms with van der Waals surface area (Å²) in [7, 11) is 0. The summed E-state index contributed by atoms with van der Waals surface area (Å²) in [5.74, 6) is 1.11. The molecular formula is C10H12O. The molecule has 0 bridgehead atoms. The van der Waals surface area contributed by atoms with Gasteiger partial charge in [0, 0.05) is 6.42 Å². The van der Waals surface area contributed by atoms with Crippen molar-refractivity contribution >= 4 is 0 Å². The van der Waals surface area contributed by atoms with Crippen molar-refractivity contribution in [3.63, 3.8) is 0 Å². The highest BCUT2D eigenvalue weighted by Crippen LogP contribution is 2.26. The van der Waals surface area contributed by atoms with Crippen LogP contribution in [0.3, 0.4) is 0 Å². The zero-order valence-corrected chi connectivity index (χ0v) is 6.76. The molecule has 1 nitrogen and oxygen atoms in total. The van der Waals surface area contributed by atoms with Crippen LogP contribution < -0.4 is 0 Å². The van der Waals surface area contributed by atoms with Crippen molar-refractivity contribution in [2.75, 3.05) is 6.61 Å². The first-order valence-electron chi connectivity index (χ1n) is 4.06. The molecule has 0 amide bonds.